The molecule has 72 valence electrons. The van der Waals surface area contributed by atoms with Gasteiger partial charge >= 0.3 is 6.18 Å². The maximum atomic E-state index is 12.1. The van der Waals surface area contributed by atoms with E-state index in [1.165, 1.54) is 13.0 Å². The molecule has 0 aromatic carbocycles. The summed E-state index contributed by atoms with van der Waals surface area (Å²) in [5.41, 5.74) is 0.326. The molecule has 0 radical (unpaired) electrons. The van der Waals surface area contributed by atoms with Crippen LogP contribution in [0.3, 0.4) is 0 Å². The molecule has 0 amide bonds. The first-order valence-corrected chi connectivity index (χ1v) is 4.63. The van der Waals surface area contributed by atoms with Crippen LogP contribution in [0.25, 0.3) is 0 Å². The number of alkyl halides is 3. The third kappa shape index (κ3) is 2.58. The molecule has 0 unspecified atom stereocenters. The Morgan fingerprint density at radius 2 is 1.92 bits per heavy atom. The van der Waals surface area contributed by atoms with Crippen molar-refractivity contribution in [3.05, 3.63) is 17.6 Å². The van der Waals surface area contributed by atoms with Crippen LogP contribution in [0, 0.1) is 6.92 Å². The first-order valence-electron chi connectivity index (χ1n) is 3.40. The van der Waals surface area contributed by atoms with Crippen molar-refractivity contribution in [1.29, 1.82) is 0 Å². The molecule has 0 fully saturated rings. The van der Waals surface area contributed by atoms with Crippen molar-refractivity contribution in [2.24, 2.45) is 0 Å². The maximum absolute atomic E-state index is 12.1. The van der Waals surface area contributed by atoms with Crippen molar-refractivity contribution < 1.29 is 13.2 Å². The number of hydrogen-bond donors (Lipinski definition) is 0. The average Bonchev–Trinajstić information content (AvgIpc) is 2.01. The molecule has 0 N–H and O–H groups in total. The third-order valence-electron chi connectivity index (χ3n) is 1.29. The molecule has 6 heteroatoms. The van der Waals surface area contributed by atoms with E-state index in [4.69, 9.17) is 0 Å². The normalized spacial score (nSPS) is 11.8. The van der Waals surface area contributed by atoms with Crippen LogP contribution in [0.15, 0.2) is 11.1 Å². The van der Waals surface area contributed by atoms with E-state index < -0.39 is 12.0 Å². The van der Waals surface area contributed by atoms with Crippen LogP contribution in [-0.4, -0.2) is 16.2 Å². The standard InChI is InChI=1S/C7H7F3N2S/c1-4-3-5(13-2)12-6(11-4)7(8,9)10/h3H,1-2H3. The summed E-state index contributed by atoms with van der Waals surface area (Å²) in [5.74, 6) is -1.07. The molecule has 1 heterocycles. The van der Waals surface area contributed by atoms with Crippen molar-refractivity contribution in [2.45, 2.75) is 18.1 Å². The molecule has 0 saturated carbocycles. The Morgan fingerprint density at radius 1 is 1.31 bits per heavy atom. The van der Waals surface area contributed by atoms with Gasteiger partial charge in [0.2, 0.25) is 5.82 Å². The number of nitrogens with zero attached hydrogens (tertiary/aromatic N) is 2. The highest BCUT2D eigenvalue weighted by Crippen LogP contribution is 2.27. The van der Waals surface area contributed by atoms with Gasteiger partial charge in [-0.15, -0.1) is 11.8 Å². The quantitative estimate of drug-likeness (QED) is 0.524. The number of aryl methyl sites for hydroxylation is 1. The van der Waals surface area contributed by atoms with Gasteiger partial charge in [0.05, 0.1) is 0 Å². The van der Waals surface area contributed by atoms with Crippen molar-refractivity contribution in [3.8, 4) is 0 Å². The monoisotopic (exact) mass is 208 g/mol. The van der Waals surface area contributed by atoms with Gasteiger partial charge in [0.25, 0.3) is 0 Å². The van der Waals surface area contributed by atoms with E-state index in [9.17, 15) is 13.2 Å². The highest BCUT2D eigenvalue weighted by atomic mass is 32.2. The molecule has 13 heavy (non-hydrogen) atoms. The molecule has 0 saturated heterocycles. The van der Waals surface area contributed by atoms with E-state index in [0.717, 1.165) is 11.8 Å². The largest absolute Gasteiger partial charge is 0.451 e. The minimum atomic E-state index is -4.46. The van der Waals surface area contributed by atoms with E-state index in [1.54, 1.807) is 6.26 Å². The van der Waals surface area contributed by atoms with Crippen molar-refractivity contribution in [1.82, 2.24) is 9.97 Å². The van der Waals surface area contributed by atoms with E-state index in [0.29, 0.717) is 10.7 Å². The molecule has 1 aromatic heterocycles. The smallest absolute Gasteiger partial charge is 0.230 e. The third-order valence-corrected chi connectivity index (χ3v) is 1.92. The summed E-state index contributed by atoms with van der Waals surface area (Å²) in [6, 6.07) is 1.51. The predicted molar refractivity (Wildman–Crippen MR) is 43.6 cm³/mol. The molecule has 1 rings (SSSR count). The predicted octanol–water partition coefficient (Wildman–Crippen LogP) is 2.53. The van der Waals surface area contributed by atoms with Gasteiger partial charge in [-0.2, -0.15) is 13.2 Å². The minimum absolute atomic E-state index is 0.326. The van der Waals surface area contributed by atoms with Gasteiger partial charge in [0, 0.05) is 5.69 Å². The van der Waals surface area contributed by atoms with Gasteiger partial charge < -0.3 is 0 Å². The Bertz CT molecular complexity index is 311. The summed E-state index contributed by atoms with van der Waals surface area (Å²) in [6.45, 7) is 1.51. The van der Waals surface area contributed by atoms with E-state index in [1.807, 2.05) is 0 Å². The van der Waals surface area contributed by atoms with Gasteiger partial charge in [-0.05, 0) is 19.2 Å². The van der Waals surface area contributed by atoms with Crippen molar-refractivity contribution in [2.75, 3.05) is 6.26 Å². The lowest BCUT2D eigenvalue weighted by Crippen LogP contribution is -2.12. The van der Waals surface area contributed by atoms with E-state index >= 15 is 0 Å². The summed E-state index contributed by atoms with van der Waals surface area (Å²) >= 11 is 1.16. The van der Waals surface area contributed by atoms with Crippen molar-refractivity contribution >= 4 is 11.8 Å². The Hall–Kier alpha value is -0.780. The highest BCUT2D eigenvalue weighted by molar-refractivity contribution is 7.98. The molecule has 0 aliphatic carbocycles. The summed E-state index contributed by atoms with van der Waals surface area (Å²) in [5, 5.41) is 0.333. The molecular formula is C7H7F3N2S. The second kappa shape index (κ2) is 3.53. The fourth-order valence-corrected chi connectivity index (χ4v) is 1.24. The Balaban J connectivity index is 3.16. The molecule has 0 bridgehead atoms. The van der Waals surface area contributed by atoms with Crippen LogP contribution in [0.1, 0.15) is 11.5 Å². The molecule has 0 atom stereocenters. The van der Waals surface area contributed by atoms with Gasteiger partial charge in [-0.25, -0.2) is 9.97 Å². The number of hydrogen-bond acceptors (Lipinski definition) is 3. The molecule has 0 aliphatic heterocycles. The zero-order chi connectivity index (χ0) is 10.1. The van der Waals surface area contributed by atoms with Gasteiger partial charge in [0.15, 0.2) is 0 Å². The van der Waals surface area contributed by atoms with Gasteiger partial charge in [-0.1, -0.05) is 0 Å². The highest BCUT2D eigenvalue weighted by Gasteiger charge is 2.35. The number of thioether (sulfide) groups is 1. The maximum Gasteiger partial charge on any atom is 0.451 e. The Morgan fingerprint density at radius 3 is 2.38 bits per heavy atom. The lowest BCUT2D eigenvalue weighted by molar-refractivity contribution is -0.145. The van der Waals surface area contributed by atoms with Crippen LogP contribution in [-0.2, 0) is 6.18 Å². The second-order valence-electron chi connectivity index (χ2n) is 2.37. The van der Waals surface area contributed by atoms with Gasteiger partial charge in [0.1, 0.15) is 5.03 Å². The molecule has 2 nitrogen and oxygen atoms in total. The zero-order valence-corrected chi connectivity index (χ0v) is 7.83. The van der Waals surface area contributed by atoms with Crippen LogP contribution >= 0.6 is 11.8 Å². The fraction of sp³-hybridized carbons (Fsp3) is 0.429. The molecule has 0 spiro atoms. The lowest BCUT2D eigenvalue weighted by Gasteiger charge is -2.06. The number of rotatable bonds is 1. The average molecular weight is 208 g/mol. The summed E-state index contributed by atoms with van der Waals surface area (Å²) in [4.78, 5) is 6.65. The lowest BCUT2D eigenvalue weighted by atomic mass is 10.4. The second-order valence-corrected chi connectivity index (χ2v) is 3.20. The summed E-state index contributed by atoms with van der Waals surface area (Å²) < 4.78 is 36.4. The van der Waals surface area contributed by atoms with Gasteiger partial charge in [-0.3, -0.25) is 0 Å². The van der Waals surface area contributed by atoms with E-state index in [-0.39, 0.29) is 0 Å². The Labute approximate surface area is 77.6 Å². The topological polar surface area (TPSA) is 25.8 Å². The van der Waals surface area contributed by atoms with Crippen LogP contribution < -0.4 is 0 Å². The van der Waals surface area contributed by atoms with Crippen LogP contribution in [0.4, 0.5) is 13.2 Å². The minimum Gasteiger partial charge on any atom is -0.230 e. The van der Waals surface area contributed by atoms with Crippen LogP contribution in [0.5, 0.6) is 0 Å². The molecule has 0 aliphatic rings. The van der Waals surface area contributed by atoms with E-state index in [2.05, 4.69) is 9.97 Å². The van der Waals surface area contributed by atoms with Crippen LogP contribution in [0.2, 0.25) is 0 Å². The number of aromatic nitrogens is 2. The molecule has 1 aromatic rings. The Kier molecular flexibility index (Phi) is 2.80. The zero-order valence-electron chi connectivity index (χ0n) is 7.01. The SMILES string of the molecule is CSc1cc(C)nc(C(F)(F)F)n1. The first-order chi connectivity index (χ1) is 5.93. The first kappa shape index (κ1) is 10.3. The number of halogens is 3. The summed E-state index contributed by atoms with van der Waals surface area (Å²) in [7, 11) is 0. The molecular weight excluding hydrogens is 201 g/mol. The summed E-state index contributed by atoms with van der Waals surface area (Å²) in [6.07, 6.45) is -2.79. The van der Waals surface area contributed by atoms with Crippen molar-refractivity contribution in [3.63, 3.8) is 0 Å². The fourth-order valence-electron chi connectivity index (χ4n) is 0.771.